The van der Waals surface area contributed by atoms with Crippen molar-refractivity contribution in [3.63, 3.8) is 0 Å². The molecule has 15 heavy (non-hydrogen) atoms. The number of benzene rings is 1. The summed E-state index contributed by atoms with van der Waals surface area (Å²) < 4.78 is 0. The van der Waals surface area contributed by atoms with Crippen LogP contribution in [0.4, 0.5) is 5.69 Å². The Labute approximate surface area is 92.7 Å². The van der Waals surface area contributed by atoms with Gasteiger partial charge in [-0.05, 0) is 43.2 Å². The highest BCUT2D eigenvalue weighted by Crippen LogP contribution is 2.23. The van der Waals surface area contributed by atoms with E-state index < -0.39 is 0 Å². The Morgan fingerprint density at radius 2 is 1.60 bits per heavy atom. The molecule has 1 rings (SSSR count). The third-order valence-corrected chi connectivity index (χ3v) is 2.36. The Morgan fingerprint density at radius 3 is 2.00 bits per heavy atom. The SMILES string of the molecule is C=CCN(CC=C)c1c(C)c[c]cc1C. The van der Waals surface area contributed by atoms with Crippen LogP contribution in [0.5, 0.6) is 0 Å². The lowest BCUT2D eigenvalue weighted by Crippen LogP contribution is -2.24. The van der Waals surface area contributed by atoms with E-state index in [-0.39, 0.29) is 0 Å². The molecule has 0 saturated heterocycles. The van der Waals surface area contributed by atoms with Gasteiger partial charge in [-0.25, -0.2) is 0 Å². The van der Waals surface area contributed by atoms with Crippen LogP contribution in [0.3, 0.4) is 0 Å². The Balaban J connectivity index is 3.08. The first kappa shape index (κ1) is 11.6. The van der Waals surface area contributed by atoms with Crippen LogP contribution in [-0.4, -0.2) is 13.1 Å². The highest BCUT2D eigenvalue weighted by atomic mass is 15.1. The smallest absolute Gasteiger partial charge is 0.0431 e. The minimum atomic E-state index is 0.845. The normalized spacial score (nSPS) is 9.73. The Bertz CT molecular complexity index is 322. The topological polar surface area (TPSA) is 3.24 Å². The van der Waals surface area contributed by atoms with Crippen LogP contribution >= 0.6 is 0 Å². The van der Waals surface area contributed by atoms with Crippen molar-refractivity contribution >= 4 is 5.69 Å². The predicted octanol–water partition coefficient (Wildman–Crippen LogP) is 3.28. The highest BCUT2D eigenvalue weighted by molar-refractivity contribution is 5.59. The molecule has 0 aliphatic carbocycles. The van der Waals surface area contributed by atoms with Crippen LogP contribution in [0.1, 0.15) is 11.1 Å². The van der Waals surface area contributed by atoms with Gasteiger partial charge in [-0.2, -0.15) is 0 Å². The molecule has 1 aromatic rings. The Kier molecular flexibility index (Phi) is 4.17. The summed E-state index contributed by atoms with van der Waals surface area (Å²) in [5, 5.41) is 0. The molecular weight excluding hydrogens is 182 g/mol. The summed E-state index contributed by atoms with van der Waals surface area (Å²) in [4.78, 5) is 2.26. The van der Waals surface area contributed by atoms with Crippen molar-refractivity contribution in [3.8, 4) is 0 Å². The van der Waals surface area contributed by atoms with E-state index in [2.05, 4.69) is 38.0 Å². The average Bonchev–Trinajstić information content (AvgIpc) is 2.18. The molecule has 1 aromatic carbocycles. The fourth-order valence-corrected chi connectivity index (χ4v) is 1.81. The Hall–Kier alpha value is -1.50. The van der Waals surface area contributed by atoms with Crippen LogP contribution in [0.2, 0.25) is 0 Å². The van der Waals surface area contributed by atoms with Crippen molar-refractivity contribution in [1.82, 2.24) is 0 Å². The van der Waals surface area contributed by atoms with Crippen molar-refractivity contribution in [2.24, 2.45) is 0 Å². The maximum Gasteiger partial charge on any atom is 0.0431 e. The molecule has 0 amide bonds. The number of hydrogen-bond acceptors (Lipinski definition) is 1. The summed E-state index contributed by atoms with van der Waals surface area (Å²) in [5.74, 6) is 0. The molecule has 0 saturated carbocycles. The van der Waals surface area contributed by atoms with Crippen molar-refractivity contribution in [3.05, 3.63) is 54.6 Å². The highest BCUT2D eigenvalue weighted by Gasteiger charge is 2.08. The molecule has 79 valence electrons. The minimum Gasteiger partial charge on any atom is -0.364 e. The van der Waals surface area contributed by atoms with E-state index in [1.807, 2.05) is 24.3 Å². The average molecular weight is 200 g/mol. The molecular formula is C14H18N. The second-order valence-corrected chi connectivity index (χ2v) is 3.65. The predicted molar refractivity (Wildman–Crippen MR) is 67.4 cm³/mol. The van der Waals surface area contributed by atoms with Gasteiger partial charge in [0, 0.05) is 18.8 Å². The summed E-state index contributed by atoms with van der Waals surface area (Å²) in [6, 6.07) is 7.16. The lowest BCUT2D eigenvalue weighted by atomic mass is 10.1. The molecule has 1 nitrogen and oxygen atoms in total. The van der Waals surface area contributed by atoms with E-state index in [0.29, 0.717) is 0 Å². The van der Waals surface area contributed by atoms with Gasteiger partial charge >= 0.3 is 0 Å². The van der Waals surface area contributed by atoms with Gasteiger partial charge in [0.15, 0.2) is 0 Å². The van der Waals surface area contributed by atoms with Gasteiger partial charge in [0.2, 0.25) is 0 Å². The zero-order valence-corrected chi connectivity index (χ0v) is 9.59. The number of aryl methyl sites for hydroxylation is 2. The molecule has 0 spiro atoms. The van der Waals surface area contributed by atoms with Crippen LogP contribution in [0.25, 0.3) is 0 Å². The third-order valence-electron chi connectivity index (χ3n) is 2.36. The van der Waals surface area contributed by atoms with Crippen molar-refractivity contribution in [1.29, 1.82) is 0 Å². The molecule has 1 heteroatoms. The minimum absolute atomic E-state index is 0.845. The monoisotopic (exact) mass is 200 g/mol. The maximum absolute atomic E-state index is 3.78. The second kappa shape index (κ2) is 5.40. The largest absolute Gasteiger partial charge is 0.364 e. The zero-order valence-electron chi connectivity index (χ0n) is 9.59. The summed E-state index contributed by atoms with van der Waals surface area (Å²) in [6.07, 6.45) is 3.83. The number of nitrogens with zero attached hydrogens (tertiary/aromatic N) is 1. The van der Waals surface area contributed by atoms with Crippen LogP contribution in [-0.2, 0) is 0 Å². The van der Waals surface area contributed by atoms with E-state index in [1.165, 1.54) is 16.8 Å². The van der Waals surface area contributed by atoms with Gasteiger partial charge in [0.05, 0.1) is 0 Å². The number of rotatable bonds is 5. The zero-order chi connectivity index (χ0) is 11.3. The number of hydrogen-bond donors (Lipinski definition) is 0. The van der Waals surface area contributed by atoms with E-state index in [9.17, 15) is 0 Å². The molecule has 0 unspecified atom stereocenters. The second-order valence-electron chi connectivity index (χ2n) is 3.65. The third kappa shape index (κ3) is 2.72. The van der Waals surface area contributed by atoms with Crippen molar-refractivity contribution in [2.45, 2.75) is 13.8 Å². The van der Waals surface area contributed by atoms with Gasteiger partial charge in [-0.3, -0.25) is 0 Å². The lowest BCUT2D eigenvalue weighted by Gasteiger charge is -2.25. The molecule has 0 fully saturated rings. The van der Waals surface area contributed by atoms with E-state index in [4.69, 9.17) is 0 Å². The fraction of sp³-hybridized carbons (Fsp3) is 0.286. The molecule has 0 aliphatic rings. The molecule has 0 atom stereocenters. The first-order chi connectivity index (χ1) is 7.20. The van der Waals surface area contributed by atoms with Crippen molar-refractivity contribution < 1.29 is 0 Å². The van der Waals surface area contributed by atoms with Gasteiger partial charge in [0.25, 0.3) is 0 Å². The summed E-state index contributed by atoms with van der Waals surface area (Å²) in [6.45, 7) is 13.5. The quantitative estimate of drug-likeness (QED) is 0.659. The van der Waals surface area contributed by atoms with Gasteiger partial charge in [0.1, 0.15) is 0 Å². The molecule has 0 N–H and O–H groups in total. The molecule has 0 aromatic heterocycles. The van der Waals surface area contributed by atoms with Gasteiger partial charge < -0.3 is 4.90 Å². The first-order valence-corrected chi connectivity index (χ1v) is 5.14. The Morgan fingerprint density at radius 1 is 1.13 bits per heavy atom. The van der Waals surface area contributed by atoms with Crippen LogP contribution < -0.4 is 4.90 Å². The summed E-state index contributed by atoms with van der Waals surface area (Å²) in [5.41, 5.74) is 3.77. The standard InChI is InChI=1S/C14H18N/c1-5-10-15(11-6-2)14-12(3)8-7-9-13(14)4/h5-6,8-9H,1-2,10-11H2,3-4H3. The summed E-state index contributed by atoms with van der Waals surface area (Å²) in [7, 11) is 0. The first-order valence-electron chi connectivity index (χ1n) is 5.14. The molecule has 1 radical (unpaired) electrons. The molecule has 0 bridgehead atoms. The van der Waals surface area contributed by atoms with Crippen LogP contribution in [0, 0.1) is 19.9 Å². The van der Waals surface area contributed by atoms with Crippen LogP contribution in [0.15, 0.2) is 37.4 Å². The van der Waals surface area contributed by atoms with E-state index in [1.54, 1.807) is 0 Å². The van der Waals surface area contributed by atoms with Gasteiger partial charge in [-0.1, -0.05) is 12.2 Å². The van der Waals surface area contributed by atoms with E-state index in [0.717, 1.165) is 13.1 Å². The number of anilines is 1. The molecule has 0 aliphatic heterocycles. The lowest BCUT2D eigenvalue weighted by molar-refractivity contribution is 0.942. The van der Waals surface area contributed by atoms with E-state index >= 15 is 0 Å². The molecule has 0 heterocycles. The van der Waals surface area contributed by atoms with Crippen molar-refractivity contribution in [2.75, 3.05) is 18.0 Å². The summed E-state index contributed by atoms with van der Waals surface area (Å²) >= 11 is 0. The maximum atomic E-state index is 3.78. The van der Waals surface area contributed by atoms with Gasteiger partial charge in [-0.15, -0.1) is 13.2 Å². The fourth-order valence-electron chi connectivity index (χ4n) is 1.81.